The molecular weight excluding hydrogens is 416 g/mol. The number of carboxylic acids is 2. The summed E-state index contributed by atoms with van der Waals surface area (Å²) in [5.41, 5.74) is -1.97. The number of aliphatic hydroxyl groups excluding tert-OH is 2. The third-order valence-electron chi connectivity index (χ3n) is 6.47. The van der Waals surface area contributed by atoms with E-state index < -0.39 is 41.2 Å². The Labute approximate surface area is 192 Å². The van der Waals surface area contributed by atoms with Crippen LogP contribution in [0.1, 0.15) is 90.4 Å². The number of hydrogen-bond acceptors (Lipinski definition) is 6. The molecule has 0 saturated heterocycles. The summed E-state index contributed by atoms with van der Waals surface area (Å²) in [5, 5.41) is 43.1. The zero-order valence-corrected chi connectivity index (χ0v) is 20.1. The Morgan fingerprint density at radius 1 is 0.938 bits per heavy atom. The standard InChI is InChI=1S/C23H44N2O7/c1-4-5-6-7-8-9-10-11-12-13-20(28)24-19(14-16-26)25(2,3)23(15-17-27,22(31)32)18-21(29)30/h19,26-27H,4-18H2,1-3H3,(H2-,24,28,29,30,31,32). The summed E-state index contributed by atoms with van der Waals surface area (Å²) in [5.74, 6) is -3.24. The molecule has 0 fully saturated rings. The zero-order chi connectivity index (χ0) is 24.6. The second-order valence-corrected chi connectivity index (χ2v) is 9.08. The van der Waals surface area contributed by atoms with Gasteiger partial charge in [-0.1, -0.05) is 58.3 Å². The Morgan fingerprint density at radius 2 is 1.47 bits per heavy atom. The number of rotatable bonds is 20. The van der Waals surface area contributed by atoms with Gasteiger partial charge in [-0.15, -0.1) is 0 Å². The van der Waals surface area contributed by atoms with Gasteiger partial charge in [0, 0.05) is 25.9 Å². The van der Waals surface area contributed by atoms with Gasteiger partial charge in [0.2, 0.25) is 5.91 Å². The van der Waals surface area contributed by atoms with Crippen LogP contribution in [0.25, 0.3) is 0 Å². The molecule has 0 aliphatic heterocycles. The van der Waals surface area contributed by atoms with E-state index in [-0.39, 0.29) is 31.8 Å². The molecule has 0 bridgehead atoms. The average molecular weight is 461 g/mol. The summed E-state index contributed by atoms with van der Waals surface area (Å²) in [7, 11) is 2.96. The Bertz CT molecular complexity index is 569. The highest BCUT2D eigenvalue weighted by Gasteiger charge is 2.52. The van der Waals surface area contributed by atoms with Crippen LogP contribution in [0.5, 0.6) is 0 Å². The van der Waals surface area contributed by atoms with E-state index in [2.05, 4.69) is 12.2 Å². The fourth-order valence-electron chi connectivity index (χ4n) is 4.26. The SMILES string of the molecule is CCCCCCCCCCCC(=O)NC(CCO)[N+](C)(C)C(CCO)(CC(=O)O)C(=O)[O-]. The highest BCUT2D eigenvalue weighted by Crippen LogP contribution is 2.32. The lowest BCUT2D eigenvalue weighted by molar-refractivity contribution is -0.959. The molecule has 0 aromatic rings. The van der Waals surface area contributed by atoms with Gasteiger partial charge in [0.05, 0.1) is 20.7 Å². The van der Waals surface area contributed by atoms with E-state index in [1.807, 2.05) is 0 Å². The number of quaternary nitrogens is 1. The van der Waals surface area contributed by atoms with Crippen molar-refractivity contribution >= 4 is 17.8 Å². The Morgan fingerprint density at radius 3 is 1.91 bits per heavy atom. The van der Waals surface area contributed by atoms with Gasteiger partial charge in [-0.05, 0) is 6.42 Å². The van der Waals surface area contributed by atoms with E-state index in [1.165, 1.54) is 46.2 Å². The largest absolute Gasteiger partial charge is 0.544 e. The molecule has 9 heteroatoms. The number of likely N-dealkylation sites (N-methyl/N-ethyl adjacent to an activating group) is 1. The Hall–Kier alpha value is -1.71. The number of aliphatic carboxylic acids is 2. The molecule has 0 heterocycles. The van der Waals surface area contributed by atoms with Crippen LogP contribution < -0.4 is 10.4 Å². The average Bonchev–Trinajstić information content (AvgIpc) is 2.71. The highest BCUT2D eigenvalue weighted by molar-refractivity contribution is 5.82. The van der Waals surface area contributed by atoms with Crippen LogP contribution >= 0.6 is 0 Å². The second kappa shape index (κ2) is 16.0. The van der Waals surface area contributed by atoms with E-state index >= 15 is 0 Å². The van der Waals surface area contributed by atoms with Crippen LogP contribution in [0.4, 0.5) is 0 Å². The molecule has 0 spiro atoms. The van der Waals surface area contributed by atoms with Crippen molar-refractivity contribution in [3.8, 4) is 0 Å². The molecule has 2 atom stereocenters. The minimum atomic E-state index is -1.97. The molecule has 0 rings (SSSR count). The molecule has 188 valence electrons. The van der Waals surface area contributed by atoms with Gasteiger partial charge in [0.25, 0.3) is 0 Å². The van der Waals surface area contributed by atoms with Crippen molar-refractivity contribution in [2.24, 2.45) is 0 Å². The predicted octanol–water partition coefficient (Wildman–Crippen LogP) is 1.15. The number of amides is 1. The van der Waals surface area contributed by atoms with Crippen LogP contribution in [0, 0.1) is 0 Å². The van der Waals surface area contributed by atoms with Gasteiger partial charge in [-0.2, -0.15) is 0 Å². The summed E-state index contributed by atoms with van der Waals surface area (Å²) in [4.78, 5) is 36.0. The molecule has 4 N–H and O–H groups in total. The monoisotopic (exact) mass is 460 g/mol. The summed E-state index contributed by atoms with van der Waals surface area (Å²) in [6, 6.07) is 0. The number of nitrogens with zero attached hydrogens (tertiary/aromatic N) is 1. The third-order valence-corrected chi connectivity index (χ3v) is 6.47. The van der Waals surface area contributed by atoms with E-state index in [0.29, 0.717) is 6.42 Å². The lowest BCUT2D eigenvalue weighted by Crippen LogP contribution is -2.74. The number of unbranched alkanes of at least 4 members (excludes halogenated alkanes) is 8. The van der Waals surface area contributed by atoms with Gasteiger partial charge in [0.15, 0.2) is 11.7 Å². The maximum Gasteiger partial charge on any atom is 0.310 e. The molecule has 9 nitrogen and oxygen atoms in total. The first-order valence-electron chi connectivity index (χ1n) is 11.9. The number of aliphatic hydroxyl groups is 2. The second-order valence-electron chi connectivity index (χ2n) is 9.08. The normalized spacial score (nSPS) is 14.5. The van der Waals surface area contributed by atoms with Crippen molar-refractivity contribution in [1.29, 1.82) is 0 Å². The van der Waals surface area contributed by atoms with E-state index in [4.69, 9.17) is 0 Å². The Balaban J connectivity index is 4.98. The van der Waals surface area contributed by atoms with Crippen molar-refractivity contribution in [3.05, 3.63) is 0 Å². The van der Waals surface area contributed by atoms with Crippen molar-refractivity contribution in [2.75, 3.05) is 27.3 Å². The molecule has 0 aliphatic rings. The molecule has 1 amide bonds. The maximum absolute atomic E-state index is 12.5. The first kappa shape index (κ1) is 30.3. The van der Waals surface area contributed by atoms with Crippen molar-refractivity contribution in [3.63, 3.8) is 0 Å². The fraction of sp³-hybridized carbons (Fsp3) is 0.870. The van der Waals surface area contributed by atoms with Gasteiger partial charge in [-0.3, -0.25) is 14.1 Å². The van der Waals surface area contributed by atoms with Crippen molar-refractivity contribution in [1.82, 2.24) is 5.32 Å². The maximum atomic E-state index is 12.5. The van der Waals surface area contributed by atoms with Gasteiger partial charge in [0.1, 0.15) is 12.4 Å². The molecular formula is C23H44N2O7. The predicted molar refractivity (Wildman–Crippen MR) is 119 cm³/mol. The molecule has 2 unspecified atom stereocenters. The quantitative estimate of drug-likeness (QED) is 0.121. The zero-order valence-electron chi connectivity index (χ0n) is 20.1. The van der Waals surface area contributed by atoms with Gasteiger partial charge < -0.3 is 30.5 Å². The minimum Gasteiger partial charge on any atom is -0.544 e. The van der Waals surface area contributed by atoms with E-state index in [9.17, 15) is 34.8 Å². The number of carboxylic acid groups (broad SMARTS) is 2. The van der Waals surface area contributed by atoms with Crippen molar-refractivity contribution in [2.45, 2.75) is 102 Å². The first-order valence-corrected chi connectivity index (χ1v) is 11.9. The topological polar surface area (TPSA) is 147 Å². The lowest BCUT2D eigenvalue weighted by atomic mass is 9.86. The molecule has 0 radical (unpaired) electrons. The molecule has 0 aromatic carbocycles. The summed E-state index contributed by atoms with van der Waals surface area (Å²) >= 11 is 0. The summed E-state index contributed by atoms with van der Waals surface area (Å²) < 4.78 is -0.466. The first-order chi connectivity index (χ1) is 15.1. The number of carbonyl (C=O) groups excluding carboxylic acids is 2. The molecule has 32 heavy (non-hydrogen) atoms. The molecule has 0 saturated carbocycles. The third kappa shape index (κ3) is 9.83. The van der Waals surface area contributed by atoms with Gasteiger partial charge in [-0.25, -0.2) is 0 Å². The van der Waals surface area contributed by atoms with E-state index in [1.54, 1.807) is 0 Å². The number of carbonyl (C=O) groups is 3. The number of nitrogens with one attached hydrogen (secondary N) is 1. The Kier molecular flexibility index (Phi) is 15.1. The van der Waals surface area contributed by atoms with Crippen LogP contribution in [-0.4, -0.2) is 76.7 Å². The van der Waals surface area contributed by atoms with Crippen molar-refractivity contribution < 1.29 is 39.3 Å². The van der Waals surface area contributed by atoms with E-state index in [0.717, 1.165) is 19.3 Å². The molecule has 0 aromatic heterocycles. The number of hydrogen-bond donors (Lipinski definition) is 4. The highest BCUT2D eigenvalue weighted by atomic mass is 16.4. The van der Waals surface area contributed by atoms with Crippen LogP contribution in [-0.2, 0) is 14.4 Å². The van der Waals surface area contributed by atoms with Crippen LogP contribution in [0.3, 0.4) is 0 Å². The van der Waals surface area contributed by atoms with Crippen LogP contribution in [0.15, 0.2) is 0 Å². The fourth-order valence-corrected chi connectivity index (χ4v) is 4.26. The van der Waals surface area contributed by atoms with Crippen LogP contribution in [0.2, 0.25) is 0 Å². The van der Waals surface area contributed by atoms with Gasteiger partial charge >= 0.3 is 5.97 Å². The lowest BCUT2D eigenvalue weighted by Gasteiger charge is -2.52. The summed E-state index contributed by atoms with van der Waals surface area (Å²) in [6.45, 7) is 1.31. The molecule has 0 aliphatic carbocycles. The summed E-state index contributed by atoms with van der Waals surface area (Å²) in [6.07, 6.45) is 8.38. The minimum absolute atomic E-state index is 0.0383. The smallest absolute Gasteiger partial charge is 0.310 e.